The third-order valence-electron chi connectivity index (χ3n) is 7.44. The molecule has 192 valence electrons. The van der Waals surface area contributed by atoms with Crippen molar-refractivity contribution < 1.29 is 19.7 Å². The van der Waals surface area contributed by atoms with Gasteiger partial charge in [-0.15, -0.1) is 11.8 Å². The van der Waals surface area contributed by atoms with Gasteiger partial charge in [-0.3, -0.25) is 4.79 Å². The minimum atomic E-state index is -0.594. The van der Waals surface area contributed by atoms with Gasteiger partial charge < -0.3 is 19.8 Å². The number of para-hydroxylation sites is 1. The van der Waals surface area contributed by atoms with Crippen molar-refractivity contribution in [1.29, 1.82) is 0 Å². The van der Waals surface area contributed by atoms with Gasteiger partial charge in [-0.1, -0.05) is 37.3 Å². The van der Waals surface area contributed by atoms with Gasteiger partial charge in [-0.05, 0) is 58.9 Å². The number of hydrogen-bond acceptors (Lipinski definition) is 4. The zero-order chi connectivity index (χ0) is 25.7. The maximum atomic E-state index is 12.8. The normalized spacial score (nSPS) is 24.6. The van der Waals surface area contributed by atoms with Crippen LogP contribution < -0.4 is 4.74 Å². The Bertz CT molecular complexity index is 949. The van der Waals surface area contributed by atoms with Crippen LogP contribution in [0.2, 0.25) is 0 Å². The molecule has 35 heavy (non-hydrogen) atoms. The Kier molecular flexibility index (Phi) is 9.44. The fourth-order valence-corrected chi connectivity index (χ4v) is 5.71. The Labute approximate surface area is 211 Å². The smallest absolute Gasteiger partial charge is 0.223 e. The standard InChI is InChI=1S/C30H43NO4/c1-7-8-11-21(6)25(32)17-16-23-26(33)18-27-29(23)24-14-9-12-22(30(24)35-27)13-10-15-28(34)31(19(2)3)20(4)5/h9,12,14,16-17,19-21,23,25-27,29,32-33H,10-11,13,15,18H2,1-6H3/t21-,23-,25+,26+,27-,29-/m0/s1. The van der Waals surface area contributed by atoms with E-state index >= 15 is 0 Å². The predicted molar refractivity (Wildman–Crippen MR) is 140 cm³/mol. The van der Waals surface area contributed by atoms with Crippen molar-refractivity contribution in [2.75, 3.05) is 0 Å². The van der Waals surface area contributed by atoms with E-state index in [1.165, 1.54) is 0 Å². The molecule has 2 N–H and O–H groups in total. The van der Waals surface area contributed by atoms with Gasteiger partial charge in [0, 0.05) is 48.7 Å². The third-order valence-corrected chi connectivity index (χ3v) is 7.44. The summed E-state index contributed by atoms with van der Waals surface area (Å²) in [6.45, 7) is 12.0. The van der Waals surface area contributed by atoms with Crippen LogP contribution in [-0.2, 0) is 11.2 Å². The molecule has 1 saturated carbocycles. The minimum Gasteiger partial charge on any atom is -0.489 e. The monoisotopic (exact) mass is 481 g/mol. The van der Waals surface area contributed by atoms with Crippen LogP contribution in [0.25, 0.3) is 0 Å². The van der Waals surface area contributed by atoms with Gasteiger partial charge in [0.2, 0.25) is 5.91 Å². The lowest BCUT2D eigenvalue weighted by Gasteiger charge is -2.31. The van der Waals surface area contributed by atoms with E-state index in [-0.39, 0.29) is 41.8 Å². The van der Waals surface area contributed by atoms with Crippen LogP contribution in [0.3, 0.4) is 0 Å². The topological polar surface area (TPSA) is 70.0 Å². The van der Waals surface area contributed by atoms with E-state index in [9.17, 15) is 15.0 Å². The van der Waals surface area contributed by atoms with Crippen LogP contribution in [0.4, 0.5) is 0 Å². The summed E-state index contributed by atoms with van der Waals surface area (Å²) in [5.41, 5.74) is 2.27. The van der Waals surface area contributed by atoms with Gasteiger partial charge in [0.1, 0.15) is 11.9 Å². The number of carbonyl (C=O) groups excluding carboxylic acids is 1. The number of ether oxygens (including phenoxy) is 1. The molecule has 1 aromatic rings. The number of nitrogens with zero attached hydrogens (tertiary/aromatic N) is 1. The van der Waals surface area contributed by atoms with Crippen molar-refractivity contribution in [1.82, 2.24) is 4.90 Å². The first kappa shape index (κ1) is 27.3. The van der Waals surface area contributed by atoms with Gasteiger partial charge in [0.05, 0.1) is 12.2 Å². The molecular formula is C30H43NO4. The first-order valence-electron chi connectivity index (χ1n) is 13.2. The molecule has 0 radical (unpaired) electrons. The summed E-state index contributed by atoms with van der Waals surface area (Å²) in [7, 11) is 0. The van der Waals surface area contributed by atoms with Crippen LogP contribution in [0.5, 0.6) is 5.75 Å². The maximum absolute atomic E-state index is 12.8. The molecule has 0 bridgehead atoms. The molecule has 0 saturated heterocycles. The number of aryl methyl sites for hydroxylation is 1. The third kappa shape index (κ3) is 6.29. The molecule has 0 aromatic heterocycles. The van der Waals surface area contributed by atoms with Crippen LogP contribution in [-0.4, -0.2) is 51.4 Å². The summed E-state index contributed by atoms with van der Waals surface area (Å²) in [4.78, 5) is 14.7. The van der Waals surface area contributed by atoms with Crippen molar-refractivity contribution in [3.8, 4) is 17.6 Å². The second-order valence-corrected chi connectivity index (χ2v) is 10.7. The van der Waals surface area contributed by atoms with E-state index in [1.54, 1.807) is 6.92 Å². The van der Waals surface area contributed by atoms with E-state index in [0.717, 1.165) is 29.7 Å². The van der Waals surface area contributed by atoms with Gasteiger partial charge in [-0.2, -0.15) is 0 Å². The number of fused-ring (bicyclic) bond motifs is 3. The Balaban J connectivity index is 1.69. The molecule has 1 aliphatic heterocycles. The Morgan fingerprint density at radius 2 is 1.94 bits per heavy atom. The Morgan fingerprint density at radius 3 is 2.60 bits per heavy atom. The average Bonchev–Trinajstić information content (AvgIpc) is 3.30. The zero-order valence-corrected chi connectivity index (χ0v) is 22.2. The molecule has 1 aliphatic carbocycles. The highest BCUT2D eigenvalue weighted by molar-refractivity contribution is 5.76. The van der Waals surface area contributed by atoms with Crippen LogP contribution in [0, 0.1) is 23.7 Å². The molecule has 1 aromatic carbocycles. The Hall–Kier alpha value is -2.29. The second kappa shape index (κ2) is 12.1. The van der Waals surface area contributed by atoms with Gasteiger partial charge in [0.25, 0.3) is 0 Å². The van der Waals surface area contributed by atoms with Crippen molar-refractivity contribution in [3.05, 3.63) is 41.5 Å². The largest absolute Gasteiger partial charge is 0.489 e. The van der Waals surface area contributed by atoms with Crippen LogP contribution in [0.1, 0.15) is 84.3 Å². The molecule has 0 spiro atoms. The van der Waals surface area contributed by atoms with Crippen molar-refractivity contribution in [2.45, 2.75) is 110 Å². The highest BCUT2D eigenvalue weighted by atomic mass is 16.5. The molecule has 1 heterocycles. The summed E-state index contributed by atoms with van der Waals surface area (Å²) in [6.07, 6.45) is 5.97. The summed E-state index contributed by atoms with van der Waals surface area (Å²) in [5.74, 6) is 7.05. The number of hydrogen-bond donors (Lipinski definition) is 2. The van der Waals surface area contributed by atoms with Crippen LogP contribution in [0.15, 0.2) is 30.4 Å². The summed E-state index contributed by atoms with van der Waals surface area (Å²) >= 11 is 0. The molecule has 1 fully saturated rings. The number of aliphatic hydroxyl groups is 2. The van der Waals surface area contributed by atoms with Crippen molar-refractivity contribution in [3.63, 3.8) is 0 Å². The van der Waals surface area contributed by atoms with Crippen LogP contribution >= 0.6 is 0 Å². The summed E-state index contributed by atoms with van der Waals surface area (Å²) < 4.78 is 6.38. The second-order valence-electron chi connectivity index (χ2n) is 10.7. The van der Waals surface area contributed by atoms with E-state index in [2.05, 4.69) is 57.7 Å². The first-order chi connectivity index (χ1) is 16.6. The number of carbonyl (C=O) groups is 1. The summed E-state index contributed by atoms with van der Waals surface area (Å²) in [5, 5.41) is 21.3. The summed E-state index contributed by atoms with van der Waals surface area (Å²) in [6, 6.07) is 6.64. The van der Waals surface area contributed by atoms with E-state index in [1.807, 2.05) is 24.0 Å². The lowest BCUT2D eigenvalue weighted by Crippen LogP contribution is -2.41. The van der Waals surface area contributed by atoms with Gasteiger partial charge in [-0.25, -0.2) is 0 Å². The molecule has 1 amide bonds. The Morgan fingerprint density at radius 1 is 1.23 bits per heavy atom. The highest BCUT2D eigenvalue weighted by Crippen LogP contribution is 2.52. The SMILES string of the molecule is CC#CC[C@H](C)[C@H](O)C=C[C@@H]1[C@H]2c3cccc(CCCC(=O)N(C(C)C)C(C)C)c3O[C@H]2C[C@H]1O. The quantitative estimate of drug-likeness (QED) is 0.370. The van der Waals surface area contributed by atoms with E-state index in [0.29, 0.717) is 19.3 Å². The molecular weight excluding hydrogens is 438 g/mol. The number of rotatable bonds is 10. The lowest BCUT2D eigenvalue weighted by molar-refractivity contribution is -0.134. The number of aliphatic hydroxyl groups excluding tert-OH is 2. The highest BCUT2D eigenvalue weighted by Gasteiger charge is 2.48. The fourth-order valence-electron chi connectivity index (χ4n) is 5.71. The maximum Gasteiger partial charge on any atom is 0.223 e. The number of benzene rings is 1. The van der Waals surface area contributed by atoms with Crippen molar-refractivity contribution in [2.24, 2.45) is 11.8 Å². The van der Waals surface area contributed by atoms with Gasteiger partial charge >= 0.3 is 0 Å². The van der Waals surface area contributed by atoms with E-state index < -0.39 is 12.2 Å². The molecule has 5 nitrogen and oxygen atoms in total. The minimum absolute atomic E-state index is 0.0387. The predicted octanol–water partition coefficient (Wildman–Crippen LogP) is 4.85. The zero-order valence-electron chi connectivity index (χ0n) is 22.2. The molecule has 0 unspecified atom stereocenters. The first-order valence-corrected chi connectivity index (χ1v) is 13.2. The van der Waals surface area contributed by atoms with E-state index in [4.69, 9.17) is 4.74 Å². The molecule has 5 heteroatoms. The fraction of sp³-hybridized carbons (Fsp3) is 0.633. The molecule has 6 atom stereocenters. The molecule has 2 aliphatic rings. The lowest BCUT2D eigenvalue weighted by atomic mass is 9.86. The van der Waals surface area contributed by atoms with Gasteiger partial charge in [0.15, 0.2) is 0 Å². The number of amides is 1. The molecule has 3 rings (SSSR count). The van der Waals surface area contributed by atoms with Crippen molar-refractivity contribution >= 4 is 5.91 Å². The average molecular weight is 482 g/mol.